The van der Waals surface area contributed by atoms with E-state index in [1.807, 2.05) is 0 Å². The molecule has 3 rings (SSSR count). The van der Waals surface area contributed by atoms with Crippen LogP contribution in [0.25, 0.3) is 0 Å². The van der Waals surface area contributed by atoms with Crippen LogP contribution in [0.4, 0.5) is 8.78 Å². The molecular weight excluding hydrogens is 402 g/mol. The van der Waals surface area contributed by atoms with Crippen molar-refractivity contribution < 1.29 is 31.4 Å². The Hall–Kier alpha value is -2.37. The number of hydrogen-bond acceptors (Lipinski definition) is 7. The Labute approximate surface area is 157 Å². The molecule has 7 nitrogen and oxygen atoms in total. The molecule has 0 spiro atoms. The number of halogens is 2. The second-order valence-electron chi connectivity index (χ2n) is 5.81. The Kier molecular flexibility index (Phi) is 5.27. The van der Waals surface area contributed by atoms with Crippen molar-refractivity contribution in [1.82, 2.24) is 0 Å². The van der Waals surface area contributed by atoms with E-state index in [1.54, 1.807) is 0 Å². The molecule has 0 fully saturated rings. The molecule has 1 heterocycles. The van der Waals surface area contributed by atoms with Gasteiger partial charge < -0.3 is 10.9 Å². The van der Waals surface area contributed by atoms with Gasteiger partial charge in [-0.1, -0.05) is 5.16 Å². The normalized spacial score (nSPS) is 16.9. The van der Waals surface area contributed by atoms with Gasteiger partial charge in [0.05, 0.1) is 10.6 Å². The van der Waals surface area contributed by atoms with Gasteiger partial charge in [-0.3, -0.25) is 4.79 Å². The Morgan fingerprint density at radius 3 is 2.70 bits per heavy atom. The highest BCUT2D eigenvalue weighted by atomic mass is 32.2. The summed E-state index contributed by atoms with van der Waals surface area (Å²) in [5, 5.41) is 13.5. The Bertz CT molecular complexity index is 1030. The SMILES string of the molecule is NC(=O)C(OS(=O)(=O)c1csc2c1CCCC2=NO)c1ccc(F)cc1F. The zero-order chi connectivity index (χ0) is 19.8. The molecule has 0 radical (unpaired) electrons. The van der Waals surface area contributed by atoms with Gasteiger partial charge in [0.15, 0.2) is 6.10 Å². The maximum Gasteiger partial charge on any atom is 0.299 e. The number of oxime groups is 1. The summed E-state index contributed by atoms with van der Waals surface area (Å²) in [7, 11) is -4.50. The number of carbonyl (C=O) groups excluding carboxylic acids is 1. The summed E-state index contributed by atoms with van der Waals surface area (Å²) in [4.78, 5) is 12.0. The van der Waals surface area contributed by atoms with Crippen LogP contribution in [0.15, 0.2) is 33.6 Å². The molecule has 0 bridgehead atoms. The molecule has 11 heteroatoms. The van der Waals surface area contributed by atoms with E-state index in [0.717, 1.165) is 23.5 Å². The first kappa shape index (κ1) is 19.4. The van der Waals surface area contributed by atoms with Gasteiger partial charge in [0, 0.05) is 17.0 Å². The summed E-state index contributed by atoms with van der Waals surface area (Å²) in [6.07, 6.45) is -0.491. The molecule has 1 aliphatic carbocycles. The molecule has 0 aliphatic heterocycles. The van der Waals surface area contributed by atoms with Crippen LogP contribution in [0.3, 0.4) is 0 Å². The molecule has 2 aromatic rings. The lowest BCUT2D eigenvalue weighted by molar-refractivity contribution is -0.124. The molecule has 1 amide bonds. The first-order valence-electron chi connectivity index (χ1n) is 7.74. The largest absolute Gasteiger partial charge is 0.411 e. The minimum Gasteiger partial charge on any atom is -0.411 e. The average molecular weight is 416 g/mol. The fourth-order valence-electron chi connectivity index (χ4n) is 2.84. The first-order chi connectivity index (χ1) is 12.7. The number of thiophene rings is 1. The second-order valence-corrected chi connectivity index (χ2v) is 8.23. The molecular formula is C16H14F2N2O5S2. The minimum absolute atomic E-state index is 0.197. The third-order valence-corrected chi connectivity index (χ3v) is 6.64. The molecule has 27 heavy (non-hydrogen) atoms. The van der Waals surface area contributed by atoms with Gasteiger partial charge in [0.2, 0.25) is 0 Å². The fourth-order valence-corrected chi connectivity index (χ4v) is 5.58. The van der Waals surface area contributed by atoms with E-state index in [-0.39, 0.29) is 4.90 Å². The molecule has 0 saturated heterocycles. The van der Waals surface area contributed by atoms with Crippen molar-refractivity contribution in [3.8, 4) is 0 Å². The van der Waals surface area contributed by atoms with Crippen molar-refractivity contribution in [3.63, 3.8) is 0 Å². The van der Waals surface area contributed by atoms with Gasteiger partial charge in [-0.2, -0.15) is 8.42 Å². The number of rotatable bonds is 5. The summed E-state index contributed by atoms with van der Waals surface area (Å²) in [5.74, 6) is -3.30. The smallest absolute Gasteiger partial charge is 0.299 e. The van der Waals surface area contributed by atoms with Crippen LogP contribution >= 0.6 is 11.3 Å². The minimum atomic E-state index is -4.50. The molecule has 1 aliphatic rings. The highest BCUT2D eigenvalue weighted by Gasteiger charge is 2.34. The number of benzene rings is 1. The van der Waals surface area contributed by atoms with Gasteiger partial charge in [-0.15, -0.1) is 11.3 Å². The number of primary amides is 1. The zero-order valence-corrected chi connectivity index (χ0v) is 15.3. The molecule has 1 aromatic heterocycles. The van der Waals surface area contributed by atoms with Gasteiger partial charge in [0.1, 0.15) is 16.5 Å². The topological polar surface area (TPSA) is 119 Å². The van der Waals surface area contributed by atoms with Crippen molar-refractivity contribution in [2.24, 2.45) is 10.9 Å². The van der Waals surface area contributed by atoms with E-state index in [4.69, 9.17) is 15.1 Å². The number of carbonyl (C=O) groups is 1. The lowest BCUT2D eigenvalue weighted by Gasteiger charge is -2.17. The van der Waals surface area contributed by atoms with Crippen molar-refractivity contribution in [1.29, 1.82) is 0 Å². The van der Waals surface area contributed by atoms with Crippen LogP contribution in [0.5, 0.6) is 0 Å². The predicted octanol–water partition coefficient (Wildman–Crippen LogP) is 2.47. The standard InChI is InChI=1S/C16H14F2N2O5S2/c17-8-4-5-9(11(18)6-8)14(16(19)21)25-27(23,24)13-7-26-15-10(13)2-1-3-12(15)20-22/h4-7,14,22H,1-3H2,(H2,19,21). The Morgan fingerprint density at radius 1 is 1.33 bits per heavy atom. The summed E-state index contributed by atoms with van der Waals surface area (Å²) >= 11 is 1.06. The average Bonchev–Trinajstić information content (AvgIpc) is 3.05. The lowest BCUT2D eigenvalue weighted by Crippen LogP contribution is -2.27. The molecule has 144 valence electrons. The maximum absolute atomic E-state index is 14.0. The summed E-state index contributed by atoms with van der Waals surface area (Å²) < 4.78 is 57.4. The number of fused-ring (bicyclic) bond motifs is 1. The van der Waals surface area contributed by atoms with Gasteiger partial charge >= 0.3 is 0 Å². The highest BCUT2D eigenvalue weighted by Crippen LogP contribution is 2.36. The van der Waals surface area contributed by atoms with Crippen LogP contribution in [0.2, 0.25) is 0 Å². The van der Waals surface area contributed by atoms with Crippen molar-refractivity contribution in [2.75, 3.05) is 0 Å². The van der Waals surface area contributed by atoms with Gasteiger partial charge in [0.25, 0.3) is 16.0 Å². The fraction of sp³-hybridized carbons (Fsp3) is 0.250. The molecule has 0 saturated carbocycles. The Morgan fingerprint density at radius 2 is 2.07 bits per heavy atom. The van der Waals surface area contributed by atoms with E-state index in [0.29, 0.717) is 41.5 Å². The number of hydrogen-bond donors (Lipinski definition) is 2. The Balaban J connectivity index is 2.00. The van der Waals surface area contributed by atoms with Gasteiger partial charge in [-0.05, 0) is 37.0 Å². The summed E-state index contributed by atoms with van der Waals surface area (Å²) in [5.41, 5.74) is 5.45. The van der Waals surface area contributed by atoms with Crippen LogP contribution < -0.4 is 5.73 Å². The van der Waals surface area contributed by atoms with Crippen LogP contribution in [-0.4, -0.2) is 25.2 Å². The zero-order valence-electron chi connectivity index (χ0n) is 13.7. The van der Waals surface area contributed by atoms with Crippen LogP contribution in [0.1, 0.15) is 34.9 Å². The van der Waals surface area contributed by atoms with E-state index < -0.39 is 39.3 Å². The number of nitrogens with zero attached hydrogens (tertiary/aromatic N) is 1. The van der Waals surface area contributed by atoms with E-state index in [9.17, 15) is 22.0 Å². The van der Waals surface area contributed by atoms with Crippen molar-refractivity contribution in [3.05, 3.63) is 51.2 Å². The van der Waals surface area contributed by atoms with Crippen molar-refractivity contribution >= 4 is 33.1 Å². The molecule has 1 unspecified atom stereocenters. The van der Waals surface area contributed by atoms with Crippen LogP contribution in [0, 0.1) is 11.6 Å². The highest BCUT2D eigenvalue weighted by molar-refractivity contribution is 7.87. The first-order valence-corrected chi connectivity index (χ1v) is 10.0. The number of amides is 1. The molecule has 3 N–H and O–H groups in total. The van der Waals surface area contributed by atoms with E-state index >= 15 is 0 Å². The quantitative estimate of drug-likeness (QED) is 0.441. The molecule has 1 aromatic carbocycles. The third-order valence-electron chi connectivity index (χ3n) is 4.07. The monoisotopic (exact) mass is 416 g/mol. The predicted molar refractivity (Wildman–Crippen MR) is 92.1 cm³/mol. The van der Waals surface area contributed by atoms with Gasteiger partial charge in [-0.25, -0.2) is 13.0 Å². The number of nitrogens with two attached hydrogens (primary N) is 1. The summed E-state index contributed by atoms with van der Waals surface area (Å²) in [6, 6.07) is 2.26. The van der Waals surface area contributed by atoms with E-state index in [2.05, 4.69) is 5.16 Å². The lowest BCUT2D eigenvalue weighted by atomic mass is 9.98. The second kappa shape index (κ2) is 7.33. The molecule has 1 atom stereocenters. The van der Waals surface area contributed by atoms with Crippen LogP contribution in [-0.2, 0) is 25.5 Å². The maximum atomic E-state index is 14.0. The summed E-state index contributed by atoms with van der Waals surface area (Å²) in [6.45, 7) is 0. The van der Waals surface area contributed by atoms with E-state index in [1.165, 1.54) is 5.38 Å². The third kappa shape index (κ3) is 3.70. The van der Waals surface area contributed by atoms with Crippen molar-refractivity contribution in [2.45, 2.75) is 30.3 Å².